The Labute approximate surface area is 289 Å². The number of carbonyl (C=O) groups excluding carboxylic acids is 2. The van der Waals surface area contributed by atoms with Gasteiger partial charge in [0.05, 0.1) is 34.4 Å². The van der Waals surface area contributed by atoms with Gasteiger partial charge in [0.1, 0.15) is 6.61 Å². The van der Waals surface area contributed by atoms with Gasteiger partial charge in [-0.1, -0.05) is 122 Å². The lowest BCUT2D eigenvalue weighted by Gasteiger charge is -2.31. The second kappa shape index (κ2) is 31.3. The molecule has 47 heavy (non-hydrogen) atoms. The summed E-state index contributed by atoms with van der Waals surface area (Å²) in [5.74, 6) is -1.48. The van der Waals surface area contributed by atoms with Gasteiger partial charge in [0.15, 0.2) is 12.1 Å². The van der Waals surface area contributed by atoms with Crippen molar-refractivity contribution in [3.8, 4) is 0 Å². The number of likely N-dealkylation sites (N-methyl/N-ethyl adjacent to an activating group) is 1. The Bertz CT molecular complexity index is 793. The van der Waals surface area contributed by atoms with Gasteiger partial charge in [-0.05, 0) is 38.5 Å². The van der Waals surface area contributed by atoms with Crippen LogP contribution in [0.25, 0.3) is 0 Å². The first-order valence-electron chi connectivity index (χ1n) is 19.2. The van der Waals surface area contributed by atoms with Gasteiger partial charge in [-0.25, -0.2) is 4.79 Å². The number of carboxylic acids is 1. The van der Waals surface area contributed by atoms with Crippen LogP contribution in [0.3, 0.4) is 0 Å². The van der Waals surface area contributed by atoms with Crippen LogP contribution in [-0.2, 0) is 28.6 Å². The number of unbranched alkanes of at least 4 members (excludes halogenated alkanes) is 18. The lowest BCUT2D eigenvalue weighted by molar-refractivity contribution is -0.887. The molecule has 0 aromatic heterocycles. The third-order valence-electron chi connectivity index (χ3n) is 8.66. The molecule has 0 amide bonds. The largest absolute Gasteiger partial charge is 0.477 e. The summed E-state index contributed by atoms with van der Waals surface area (Å²) in [7, 11) is 5.51. The highest BCUT2D eigenvalue weighted by Gasteiger charge is 2.31. The number of allylic oxidation sites excluding steroid dienone is 2. The van der Waals surface area contributed by atoms with E-state index in [1.54, 1.807) is 0 Å². The van der Waals surface area contributed by atoms with Gasteiger partial charge in [0.2, 0.25) is 0 Å². The summed E-state index contributed by atoms with van der Waals surface area (Å²) in [5.41, 5.74) is 0. The lowest BCUT2D eigenvalue weighted by Crippen LogP contribution is -2.50. The Kier molecular flexibility index (Phi) is 30.1. The Morgan fingerprint density at radius 1 is 0.617 bits per heavy atom. The summed E-state index contributed by atoms with van der Waals surface area (Å²) < 4.78 is 17.2. The minimum absolute atomic E-state index is 0.0499. The molecular weight excluding hydrogens is 594 g/mol. The molecule has 0 aromatic carbocycles. The van der Waals surface area contributed by atoms with Gasteiger partial charge in [-0.3, -0.25) is 9.59 Å². The Morgan fingerprint density at radius 3 is 1.53 bits per heavy atom. The maximum Gasteiger partial charge on any atom is 0.362 e. The van der Waals surface area contributed by atoms with E-state index < -0.39 is 18.1 Å². The van der Waals surface area contributed by atoms with Crippen molar-refractivity contribution in [2.24, 2.45) is 0 Å². The number of hydrogen-bond acceptors (Lipinski definition) is 6. The molecule has 0 saturated carbocycles. The summed E-state index contributed by atoms with van der Waals surface area (Å²) in [6.07, 6.45) is 29.7. The fourth-order valence-corrected chi connectivity index (χ4v) is 5.61. The molecular formula is C39H74NO7+. The molecule has 0 radical (unpaired) electrons. The first kappa shape index (κ1) is 45.1. The van der Waals surface area contributed by atoms with Crippen LogP contribution in [0.1, 0.15) is 168 Å². The number of esters is 2. The maximum atomic E-state index is 12.6. The summed E-state index contributed by atoms with van der Waals surface area (Å²) in [6.45, 7) is 4.69. The molecule has 0 aliphatic heterocycles. The average molecular weight is 669 g/mol. The number of rotatable bonds is 34. The smallest absolute Gasteiger partial charge is 0.362 e. The minimum atomic E-state index is -0.876. The van der Waals surface area contributed by atoms with Crippen molar-refractivity contribution < 1.29 is 38.2 Å². The quantitative estimate of drug-likeness (QED) is 0.0315. The van der Waals surface area contributed by atoms with E-state index in [0.29, 0.717) is 19.3 Å². The first-order chi connectivity index (χ1) is 22.6. The van der Waals surface area contributed by atoms with Crippen molar-refractivity contribution in [1.29, 1.82) is 0 Å². The van der Waals surface area contributed by atoms with Crippen LogP contribution < -0.4 is 0 Å². The van der Waals surface area contributed by atoms with Gasteiger partial charge in [0.25, 0.3) is 0 Å². The standard InChI is InChI=1S/C39H73NO7/c1-6-8-10-12-14-16-17-18-19-20-21-22-24-26-28-30-38(42)47-35(33-45-32-31-36(39(43)44)40(3,4)5)34-46-37(41)29-27-25-23-15-13-11-9-7-2/h18-19,35-36H,6-17,20-34H2,1-5H3/p+1/b19-18-. The number of carbonyl (C=O) groups is 3. The molecule has 276 valence electrons. The van der Waals surface area contributed by atoms with E-state index in [2.05, 4.69) is 26.0 Å². The van der Waals surface area contributed by atoms with E-state index in [1.807, 2.05) is 21.1 Å². The zero-order valence-electron chi connectivity index (χ0n) is 31.2. The summed E-state index contributed by atoms with van der Waals surface area (Å²) in [5, 5.41) is 9.56. The van der Waals surface area contributed by atoms with Crippen molar-refractivity contribution in [1.82, 2.24) is 0 Å². The molecule has 0 heterocycles. The number of quaternary nitrogens is 1. The van der Waals surface area contributed by atoms with Crippen molar-refractivity contribution in [3.63, 3.8) is 0 Å². The van der Waals surface area contributed by atoms with E-state index in [0.717, 1.165) is 51.4 Å². The molecule has 2 unspecified atom stereocenters. The number of hydrogen-bond donors (Lipinski definition) is 1. The number of carboxylic acid groups (broad SMARTS) is 1. The topological polar surface area (TPSA) is 99.1 Å². The number of ether oxygens (including phenoxy) is 3. The van der Waals surface area contributed by atoms with Gasteiger partial charge in [0, 0.05) is 19.3 Å². The maximum absolute atomic E-state index is 12.6. The van der Waals surface area contributed by atoms with E-state index >= 15 is 0 Å². The number of nitrogens with zero attached hydrogens (tertiary/aromatic N) is 1. The fourth-order valence-electron chi connectivity index (χ4n) is 5.61. The molecule has 0 aliphatic carbocycles. The first-order valence-corrected chi connectivity index (χ1v) is 19.2. The van der Waals surface area contributed by atoms with Gasteiger partial charge in [-0.15, -0.1) is 0 Å². The molecule has 0 saturated heterocycles. The lowest BCUT2D eigenvalue weighted by atomic mass is 10.1. The van der Waals surface area contributed by atoms with Crippen LogP contribution in [0.4, 0.5) is 0 Å². The third kappa shape index (κ3) is 29.9. The van der Waals surface area contributed by atoms with Crippen LogP contribution in [-0.4, -0.2) is 80.6 Å². The normalized spacial score (nSPS) is 13.1. The monoisotopic (exact) mass is 669 g/mol. The average Bonchev–Trinajstić information content (AvgIpc) is 3.01. The second-order valence-electron chi connectivity index (χ2n) is 14.2. The van der Waals surface area contributed by atoms with Crippen molar-refractivity contribution in [3.05, 3.63) is 12.2 Å². The second-order valence-corrected chi connectivity index (χ2v) is 14.2. The van der Waals surface area contributed by atoms with Crippen molar-refractivity contribution in [2.45, 2.75) is 180 Å². The molecule has 8 heteroatoms. The predicted octanol–water partition coefficient (Wildman–Crippen LogP) is 9.58. The summed E-state index contributed by atoms with van der Waals surface area (Å²) >= 11 is 0. The molecule has 0 spiro atoms. The SMILES string of the molecule is CCCCCCCC/C=C\CCCCCCCC(=O)OC(COCCC(C(=O)O)[N+](C)(C)C)COC(=O)CCCCCCCCCC. The van der Waals surface area contributed by atoms with Crippen molar-refractivity contribution in [2.75, 3.05) is 41.0 Å². The van der Waals surface area contributed by atoms with Gasteiger partial charge < -0.3 is 23.8 Å². The molecule has 2 atom stereocenters. The van der Waals surface area contributed by atoms with Gasteiger partial charge >= 0.3 is 17.9 Å². The molecule has 0 fully saturated rings. The van der Waals surface area contributed by atoms with Crippen LogP contribution in [0.2, 0.25) is 0 Å². The highest BCUT2D eigenvalue weighted by molar-refractivity contribution is 5.72. The highest BCUT2D eigenvalue weighted by Crippen LogP contribution is 2.13. The number of aliphatic carboxylic acids is 1. The Morgan fingerprint density at radius 2 is 1.06 bits per heavy atom. The minimum Gasteiger partial charge on any atom is -0.477 e. The summed E-state index contributed by atoms with van der Waals surface area (Å²) in [4.78, 5) is 36.7. The van der Waals surface area contributed by atoms with Gasteiger partial charge in [-0.2, -0.15) is 0 Å². The van der Waals surface area contributed by atoms with Crippen molar-refractivity contribution >= 4 is 17.9 Å². The molecule has 8 nitrogen and oxygen atoms in total. The van der Waals surface area contributed by atoms with Crippen LogP contribution >= 0.6 is 0 Å². The van der Waals surface area contributed by atoms with Crippen LogP contribution in [0.15, 0.2) is 12.2 Å². The molecule has 0 aromatic rings. The van der Waals surface area contributed by atoms with E-state index in [-0.39, 0.29) is 36.2 Å². The zero-order valence-corrected chi connectivity index (χ0v) is 31.2. The van der Waals surface area contributed by atoms with E-state index in [9.17, 15) is 19.5 Å². The van der Waals surface area contributed by atoms with Crippen LogP contribution in [0.5, 0.6) is 0 Å². The Hall–Kier alpha value is -1.93. The third-order valence-corrected chi connectivity index (χ3v) is 8.66. The summed E-state index contributed by atoms with van der Waals surface area (Å²) in [6, 6.07) is -0.610. The Balaban J connectivity index is 4.39. The van der Waals surface area contributed by atoms with E-state index in [4.69, 9.17) is 14.2 Å². The fraction of sp³-hybridized carbons (Fsp3) is 0.872. The van der Waals surface area contributed by atoms with E-state index in [1.165, 1.54) is 83.5 Å². The van der Waals surface area contributed by atoms with Crippen LogP contribution in [0, 0.1) is 0 Å². The predicted molar refractivity (Wildman–Crippen MR) is 192 cm³/mol. The molecule has 0 bridgehead atoms. The zero-order chi connectivity index (χ0) is 35.0. The highest BCUT2D eigenvalue weighted by atomic mass is 16.6. The molecule has 0 aliphatic rings. The molecule has 1 N–H and O–H groups in total. The molecule has 0 rings (SSSR count).